The molecule has 0 saturated heterocycles. The SMILES string of the molecule is C=CCC(C)(c1c(OC)cc(C)c2c1CCN2C(=O)OC(C)(C)C)c1nc2cc(C#N)ccc2n1C(=O)OC(C)(C)C.C=CCC(C)(c1c(OC)cc(C)c2c1CCN2C(=O)OC(C)(C)C)c1nc2ccc(C#N)cc2n1C(=O)OC(C)(C)C. The van der Waals surface area contributed by atoms with Gasteiger partial charge < -0.3 is 28.4 Å². The molecule has 2 amide bonds. The molecule has 4 aromatic carbocycles. The van der Waals surface area contributed by atoms with E-state index in [4.69, 9.17) is 38.4 Å². The topological polar surface area (TPSA) is 213 Å². The Morgan fingerprint density at radius 1 is 0.536 bits per heavy atom. The number of amides is 2. The maximum Gasteiger partial charge on any atom is 0.420 e. The molecule has 0 bridgehead atoms. The predicted octanol–water partition coefficient (Wildman–Crippen LogP) is 14.4. The van der Waals surface area contributed by atoms with Gasteiger partial charge in [0.1, 0.15) is 45.6 Å². The Balaban J connectivity index is 0.000000241. The van der Waals surface area contributed by atoms with Crippen LogP contribution in [0.15, 0.2) is 73.8 Å². The van der Waals surface area contributed by atoms with Crippen LogP contribution in [0.25, 0.3) is 22.1 Å². The van der Waals surface area contributed by atoms with Crippen LogP contribution < -0.4 is 19.3 Å². The second-order valence-electron chi connectivity index (χ2n) is 25.7. The summed E-state index contributed by atoms with van der Waals surface area (Å²) in [6.45, 7) is 38.7. The molecule has 0 aliphatic carbocycles. The summed E-state index contributed by atoms with van der Waals surface area (Å²) in [7, 11) is 3.21. The van der Waals surface area contributed by atoms with Crippen molar-refractivity contribution in [1.82, 2.24) is 19.1 Å². The molecule has 8 rings (SSSR count). The van der Waals surface area contributed by atoms with Crippen LogP contribution in [0.1, 0.15) is 166 Å². The average molecular weight is 1150 g/mol. The molecule has 0 fully saturated rings. The van der Waals surface area contributed by atoms with Crippen molar-refractivity contribution in [2.24, 2.45) is 0 Å². The third-order valence-corrected chi connectivity index (χ3v) is 14.4. The van der Waals surface area contributed by atoms with Crippen molar-refractivity contribution in [3.8, 4) is 23.6 Å². The number of imidazole rings is 2. The van der Waals surface area contributed by atoms with Crippen molar-refractivity contribution in [3.63, 3.8) is 0 Å². The van der Waals surface area contributed by atoms with Crippen LogP contribution in [-0.4, -0.2) is 93.2 Å². The highest BCUT2D eigenvalue weighted by atomic mass is 16.6. The van der Waals surface area contributed by atoms with Crippen molar-refractivity contribution in [2.45, 2.75) is 170 Å². The van der Waals surface area contributed by atoms with E-state index in [0.29, 0.717) is 95.1 Å². The Labute approximate surface area is 493 Å². The Hall–Kier alpha value is -8.64. The minimum Gasteiger partial charge on any atom is -0.496 e. The van der Waals surface area contributed by atoms with E-state index >= 15 is 0 Å². The molecule has 0 spiro atoms. The predicted molar refractivity (Wildman–Crippen MR) is 325 cm³/mol. The number of aromatic nitrogens is 4. The Bertz CT molecular complexity index is 3600. The minimum absolute atomic E-state index is 0.391. The zero-order chi connectivity index (χ0) is 62.4. The highest BCUT2D eigenvalue weighted by Crippen LogP contribution is 2.51. The first-order valence-corrected chi connectivity index (χ1v) is 28.1. The number of fused-ring (bicyclic) bond motifs is 4. The zero-order valence-corrected chi connectivity index (χ0v) is 52.1. The lowest BCUT2D eigenvalue weighted by Gasteiger charge is -2.33. The van der Waals surface area contributed by atoms with Gasteiger partial charge >= 0.3 is 24.4 Å². The number of hydrogen-bond acceptors (Lipinski definition) is 14. The van der Waals surface area contributed by atoms with Crippen LogP contribution in [0.4, 0.5) is 30.6 Å². The first-order chi connectivity index (χ1) is 39.1. The molecule has 6 aromatic rings. The Morgan fingerprint density at radius 2 is 0.905 bits per heavy atom. The van der Waals surface area contributed by atoms with E-state index in [1.54, 1.807) is 93.3 Å². The molecule has 444 valence electrons. The van der Waals surface area contributed by atoms with E-state index in [1.165, 1.54) is 9.13 Å². The van der Waals surface area contributed by atoms with Gasteiger partial charge in [-0.15, -0.1) is 13.2 Å². The smallest absolute Gasteiger partial charge is 0.420 e. The number of hydrogen-bond donors (Lipinski definition) is 0. The number of ether oxygens (including phenoxy) is 6. The second-order valence-corrected chi connectivity index (χ2v) is 25.7. The molecule has 0 N–H and O–H groups in total. The molecule has 18 heteroatoms. The Kier molecular flexibility index (Phi) is 17.4. The quantitative estimate of drug-likeness (QED) is 0.0922. The molecule has 4 heterocycles. The van der Waals surface area contributed by atoms with Gasteiger partial charge in [-0.2, -0.15) is 10.5 Å². The lowest BCUT2D eigenvalue weighted by Crippen LogP contribution is -2.36. The number of aryl methyl sites for hydroxylation is 2. The molecular formula is C66H80N8O10. The second kappa shape index (κ2) is 23.2. The van der Waals surface area contributed by atoms with Crippen LogP contribution in [0.5, 0.6) is 11.5 Å². The van der Waals surface area contributed by atoms with Crippen LogP contribution in [-0.2, 0) is 42.6 Å². The fraction of sp³-hybridized carbons (Fsp3) is 0.455. The van der Waals surface area contributed by atoms with Gasteiger partial charge in [0.2, 0.25) is 0 Å². The largest absolute Gasteiger partial charge is 0.496 e. The first kappa shape index (κ1) is 63.0. The summed E-state index contributed by atoms with van der Waals surface area (Å²) in [5.41, 5.74) is 4.82. The number of anilines is 2. The van der Waals surface area contributed by atoms with Gasteiger partial charge in [0, 0.05) is 24.2 Å². The fourth-order valence-electron chi connectivity index (χ4n) is 11.3. The lowest BCUT2D eigenvalue weighted by molar-refractivity contribution is 0.0523. The monoisotopic (exact) mass is 1140 g/mol. The highest BCUT2D eigenvalue weighted by Gasteiger charge is 2.46. The van der Waals surface area contributed by atoms with Crippen LogP contribution in [0.3, 0.4) is 0 Å². The first-order valence-electron chi connectivity index (χ1n) is 28.1. The van der Waals surface area contributed by atoms with Crippen molar-refractivity contribution in [1.29, 1.82) is 10.5 Å². The van der Waals surface area contributed by atoms with E-state index in [2.05, 4.69) is 25.3 Å². The summed E-state index contributed by atoms with van der Waals surface area (Å²) < 4.78 is 38.1. The van der Waals surface area contributed by atoms with E-state index < -0.39 is 57.6 Å². The van der Waals surface area contributed by atoms with Gasteiger partial charge in [0.05, 0.1) is 81.8 Å². The van der Waals surface area contributed by atoms with Gasteiger partial charge in [-0.3, -0.25) is 9.80 Å². The van der Waals surface area contributed by atoms with E-state index in [-0.39, 0.29) is 0 Å². The summed E-state index contributed by atoms with van der Waals surface area (Å²) in [6.07, 6.45) is 3.43. The van der Waals surface area contributed by atoms with E-state index in [0.717, 1.165) is 44.8 Å². The summed E-state index contributed by atoms with van der Waals surface area (Å²) >= 11 is 0. The molecule has 0 radical (unpaired) electrons. The normalized spacial score (nSPS) is 14.6. The number of nitriles is 2. The number of rotatable bonds is 10. The van der Waals surface area contributed by atoms with Crippen molar-refractivity contribution in [2.75, 3.05) is 37.1 Å². The van der Waals surface area contributed by atoms with Gasteiger partial charge in [-0.25, -0.2) is 38.3 Å². The Morgan fingerprint density at radius 3 is 1.29 bits per heavy atom. The maximum absolute atomic E-state index is 13.8. The summed E-state index contributed by atoms with van der Waals surface area (Å²) in [5, 5.41) is 19.2. The summed E-state index contributed by atoms with van der Waals surface area (Å²) in [6, 6.07) is 18.2. The third-order valence-electron chi connectivity index (χ3n) is 14.4. The van der Waals surface area contributed by atoms with Gasteiger partial charge in [0.25, 0.3) is 0 Å². The van der Waals surface area contributed by atoms with Crippen molar-refractivity contribution >= 4 is 57.8 Å². The molecule has 2 aliphatic rings. The number of methoxy groups -OCH3 is 2. The number of carbonyl (C=O) groups excluding carboxylic acids is 4. The van der Waals surface area contributed by atoms with Gasteiger partial charge in [-0.1, -0.05) is 12.2 Å². The average Bonchev–Trinajstić information content (AvgIpc) is 1.92. The fourth-order valence-corrected chi connectivity index (χ4v) is 11.3. The molecular weight excluding hydrogens is 1060 g/mol. The molecule has 84 heavy (non-hydrogen) atoms. The third kappa shape index (κ3) is 12.5. The summed E-state index contributed by atoms with van der Waals surface area (Å²) in [4.78, 5) is 67.5. The number of nitrogens with zero attached hydrogens (tertiary/aromatic N) is 8. The highest BCUT2D eigenvalue weighted by molar-refractivity contribution is 5.95. The number of carbonyl (C=O) groups is 4. The zero-order valence-electron chi connectivity index (χ0n) is 52.1. The molecule has 0 saturated carbocycles. The molecule has 18 nitrogen and oxygen atoms in total. The molecule has 2 aromatic heterocycles. The van der Waals surface area contributed by atoms with E-state index in [9.17, 15) is 29.7 Å². The summed E-state index contributed by atoms with van der Waals surface area (Å²) in [5.74, 6) is 2.06. The standard InChI is InChI=1S/2C33H40N4O5/c1-11-15-33(9,28-35-23-18-21(19-34)12-13-24(23)37(28)30(39)42-32(6,7)8)26-22-14-16-36(29(38)41-31(3,4)5)27(22)20(2)17-25(26)40-10;1-11-15-33(9,28-35-23-13-12-21(19-34)18-24(23)37(28)30(39)42-32(6,7)8)26-22-14-16-36(29(38)41-31(3,4)5)27(22)20(2)17-25(26)40-10/h2*11-13,17-18H,1,14-16H2,2-10H3. The van der Waals surface area contributed by atoms with Crippen molar-refractivity contribution in [3.05, 3.63) is 130 Å². The maximum atomic E-state index is 13.8. The lowest BCUT2D eigenvalue weighted by atomic mass is 9.74. The number of benzene rings is 4. The molecule has 2 unspecified atom stereocenters. The van der Waals surface area contributed by atoms with Crippen molar-refractivity contribution < 1.29 is 47.6 Å². The molecule has 2 aliphatic heterocycles. The van der Waals surface area contributed by atoms with Gasteiger partial charge in [-0.05, 0) is 207 Å². The number of allylic oxidation sites excluding steroid dienone is 2. The molecule has 2 atom stereocenters. The van der Waals surface area contributed by atoms with Crippen LogP contribution in [0.2, 0.25) is 0 Å². The van der Waals surface area contributed by atoms with Crippen LogP contribution >= 0.6 is 0 Å². The van der Waals surface area contributed by atoms with Gasteiger partial charge in [0.15, 0.2) is 0 Å². The minimum atomic E-state index is -0.947. The van der Waals surface area contributed by atoms with E-state index in [1.807, 2.05) is 102 Å². The van der Waals surface area contributed by atoms with Crippen LogP contribution in [0, 0.1) is 36.5 Å².